The van der Waals surface area contributed by atoms with Gasteiger partial charge in [-0.2, -0.15) is 0 Å². The molecule has 3 atom stereocenters. The Bertz CT molecular complexity index is 287. The average molecular weight is 265 g/mol. The van der Waals surface area contributed by atoms with Crippen LogP contribution in [0.4, 0.5) is 0 Å². The third-order valence-corrected chi connectivity index (χ3v) is 4.86. The van der Waals surface area contributed by atoms with Crippen molar-refractivity contribution < 1.29 is 5.11 Å². The van der Waals surface area contributed by atoms with Gasteiger partial charge in [-0.3, -0.25) is 0 Å². The molecule has 0 aliphatic heterocycles. The average Bonchev–Trinajstić information content (AvgIpc) is 2.46. The van der Waals surface area contributed by atoms with Gasteiger partial charge in [0.2, 0.25) is 0 Å². The van der Waals surface area contributed by atoms with E-state index in [9.17, 15) is 0 Å². The van der Waals surface area contributed by atoms with Gasteiger partial charge in [-0.25, -0.2) is 0 Å². The zero-order valence-electron chi connectivity index (χ0n) is 12.5. The highest BCUT2D eigenvalue weighted by Gasteiger charge is 2.28. The van der Waals surface area contributed by atoms with Crippen LogP contribution in [0.1, 0.15) is 71.1 Å². The Kier molecular flexibility index (Phi) is 6.39. The second-order valence-electron chi connectivity index (χ2n) is 6.46. The molecule has 2 aliphatic rings. The van der Waals surface area contributed by atoms with Gasteiger partial charge in [-0.05, 0) is 64.2 Å². The molecule has 1 saturated carbocycles. The fourth-order valence-electron chi connectivity index (χ4n) is 3.82. The lowest BCUT2D eigenvalue weighted by atomic mass is 9.76. The van der Waals surface area contributed by atoms with Crippen LogP contribution in [0.3, 0.4) is 0 Å². The molecule has 2 N–H and O–H groups in total. The lowest BCUT2D eigenvalue weighted by Crippen LogP contribution is -2.44. The molecule has 0 saturated heterocycles. The van der Waals surface area contributed by atoms with Crippen molar-refractivity contribution in [2.45, 2.75) is 83.2 Å². The lowest BCUT2D eigenvalue weighted by molar-refractivity contribution is 0.245. The van der Waals surface area contributed by atoms with Crippen LogP contribution in [0.2, 0.25) is 0 Å². The van der Waals surface area contributed by atoms with Crippen molar-refractivity contribution in [1.82, 2.24) is 5.32 Å². The first-order chi connectivity index (χ1) is 9.31. The van der Waals surface area contributed by atoms with Crippen molar-refractivity contribution in [3.8, 4) is 0 Å². The minimum Gasteiger partial charge on any atom is -0.396 e. The van der Waals surface area contributed by atoms with Gasteiger partial charge in [0.1, 0.15) is 0 Å². The van der Waals surface area contributed by atoms with Gasteiger partial charge in [0.25, 0.3) is 0 Å². The van der Waals surface area contributed by atoms with Gasteiger partial charge in [0, 0.05) is 18.7 Å². The fourth-order valence-corrected chi connectivity index (χ4v) is 3.82. The molecule has 2 aliphatic carbocycles. The third-order valence-electron chi connectivity index (χ3n) is 4.86. The largest absolute Gasteiger partial charge is 0.396 e. The van der Waals surface area contributed by atoms with E-state index in [1.54, 1.807) is 5.57 Å². The monoisotopic (exact) mass is 265 g/mol. The number of aliphatic hydroxyl groups excluding tert-OH is 1. The van der Waals surface area contributed by atoms with Crippen molar-refractivity contribution in [2.75, 3.05) is 6.61 Å². The van der Waals surface area contributed by atoms with Crippen molar-refractivity contribution in [3.63, 3.8) is 0 Å². The zero-order chi connectivity index (χ0) is 13.5. The molecule has 0 spiro atoms. The molecule has 110 valence electrons. The van der Waals surface area contributed by atoms with E-state index in [1.807, 2.05) is 0 Å². The molecule has 0 aromatic rings. The molecule has 0 bridgehead atoms. The highest BCUT2D eigenvalue weighted by Crippen LogP contribution is 2.35. The quantitative estimate of drug-likeness (QED) is 0.716. The van der Waals surface area contributed by atoms with E-state index >= 15 is 0 Å². The zero-order valence-corrected chi connectivity index (χ0v) is 12.5. The van der Waals surface area contributed by atoms with Crippen LogP contribution in [0, 0.1) is 5.92 Å². The summed E-state index contributed by atoms with van der Waals surface area (Å²) in [4.78, 5) is 0. The first-order valence-corrected chi connectivity index (χ1v) is 8.37. The summed E-state index contributed by atoms with van der Waals surface area (Å²) in [6, 6.07) is 1.23. The molecule has 0 heterocycles. The summed E-state index contributed by atoms with van der Waals surface area (Å²) in [5.41, 5.74) is 1.75. The van der Waals surface area contributed by atoms with Crippen molar-refractivity contribution in [1.29, 1.82) is 0 Å². The summed E-state index contributed by atoms with van der Waals surface area (Å²) in [5, 5.41) is 12.8. The summed E-state index contributed by atoms with van der Waals surface area (Å²) < 4.78 is 0. The Balaban J connectivity index is 1.89. The van der Waals surface area contributed by atoms with E-state index in [0.717, 1.165) is 18.8 Å². The van der Waals surface area contributed by atoms with E-state index in [4.69, 9.17) is 5.11 Å². The number of hydrogen-bond donors (Lipinski definition) is 2. The van der Waals surface area contributed by atoms with Gasteiger partial charge < -0.3 is 10.4 Å². The molecular formula is C17H31NO. The highest BCUT2D eigenvalue weighted by atomic mass is 16.2. The highest BCUT2D eigenvalue weighted by molar-refractivity contribution is 5.13. The number of aliphatic hydroxyl groups is 1. The molecule has 2 nitrogen and oxygen atoms in total. The number of rotatable bonds is 6. The molecule has 2 rings (SSSR count). The van der Waals surface area contributed by atoms with Gasteiger partial charge in [-0.1, -0.05) is 24.5 Å². The second-order valence-corrected chi connectivity index (χ2v) is 6.46. The summed E-state index contributed by atoms with van der Waals surface area (Å²) in [7, 11) is 0. The maximum absolute atomic E-state index is 8.94. The third kappa shape index (κ3) is 4.61. The van der Waals surface area contributed by atoms with Crippen LogP contribution in [-0.4, -0.2) is 23.8 Å². The molecule has 1 fully saturated rings. The molecule has 0 aromatic carbocycles. The van der Waals surface area contributed by atoms with Crippen molar-refractivity contribution in [3.05, 3.63) is 11.6 Å². The van der Waals surface area contributed by atoms with Crippen LogP contribution in [0.15, 0.2) is 11.6 Å². The molecule has 19 heavy (non-hydrogen) atoms. The molecule has 3 unspecified atom stereocenters. The summed E-state index contributed by atoms with van der Waals surface area (Å²) in [6.07, 6.45) is 15.5. The lowest BCUT2D eigenvalue weighted by Gasteiger charge is -2.37. The van der Waals surface area contributed by atoms with Gasteiger partial charge in [0.05, 0.1) is 0 Å². The molecule has 2 heteroatoms. The Morgan fingerprint density at radius 3 is 2.84 bits per heavy atom. The number of nitrogens with one attached hydrogen (secondary N) is 1. The van der Waals surface area contributed by atoms with E-state index in [2.05, 4.69) is 18.3 Å². The van der Waals surface area contributed by atoms with E-state index in [0.29, 0.717) is 18.7 Å². The Morgan fingerprint density at radius 2 is 2.11 bits per heavy atom. The predicted molar refractivity (Wildman–Crippen MR) is 81.2 cm³/mol. The predicted octanol–water partition coefficient (Wildman–Crippen LogP) is 3.80. The number of allylic oxidation sites excluding steroid dienone is 1. The van der Waals surface area contributed by atoms with Gasteiger partial charge in [-0.15, -0.1) is 0 Å². The van der Waals surface area contributed by atoms with Crippen LogP contribution in [-0.2, 0) is 0 Å². The molecule has 0 aromatic heterocycles. The minimum atomic E-state index is 0.325. The molecule has 0 radical (unpaired) electrons. The van der Waals surface area contributed by atoms with Gasteiger partial charge >= 0.3 is 0 Å². The summed E-state index contributed by atoms with van der Waals surface area (Å²) in [6.45, 7) is 2.60. The first kappa shape index (κ1) is 15.1. The second kappa shape index (κ2) is 8.06. The number of hydrogen-bond acceptors (Lipinski definition) is 2. The first-order valence-electron chi connectivity index (χ1n) is 8.37. The Hall–Kier alpha value is -0.340. The van der Waals surface area contributed by atoms with Crippen molar-refractivity contribution in [2.24, 2.45) is 5.92 Å². The maximum atomic E-state index is 8.94. The molecule has 0 amide bonds. The summed E-state index contributed by atoms with van der Waals surface area (Å²) >= 11 is 0. The van der Waals surface area contributed by atoms with Crippen LogP contribution < -0.4 is 5.32 Å². The SMILES string of the molecule is CC(CCCO)NC1CCCCC1C1=CCCCC1. The fraction of sp³-hybridized carbons (Fsp3) is 0.882. The van der Waals surface area contributed by atoms with Crippen molar-refractivity contribution >= 4 is 0 Å². The topological polar surface area (TPSA) is 32.3 Å². The van der Waals surface area contributed by atoms with E-state index in [1.165, 1.54) is 51.4 Å². The maximum Gasteiger partial charge on any atom is 0.0431 e. The van der Waals surface area contributed by atoms with E-state index < -0.39 is 0 Å². The van der Waals surface area contributed by atoms with Crippen LogP contribution in [0.5, 0.6) is 0 Å². The minimum absolute atomic E-state index is 0.325. The Labute approximate surface area is 118 Å². The summed E-state index contributed by atoms with van der Waals surface area (Å²) in [5.74, 6) is 0.797. The van der Waals surface area contributed by atoms with Crippen LogP contribution in [0.25, 0.3) is 0 Å². The molecular weight excluding hydrogens is 234 g/mol. The Morgan fingerprint density at radius 1 is 1.26 bits per heavy atom. The van der Waals surface area contributed by atoms with Gasteiger partial charge in [0.15, 0.2) is 0 Å². The van der Waals surface area contributed by atoms with E-state index in [-0.39, 0.29) is 0 Å². The standard InChI is InChI=1S/C17H31NO/c1-14(8-7-13-19)18-17-12-6-5-11-16(17)15-9-3-2-4-10-15/h9,14,16-19H,2-8,10-13H2,1H3. The smallest absolute Gasteiger partial charge is 0.0431 e. The van der Waals surface area contributed by atoms with Crippen LogP contribution >= 0.6 is 0 Å². The normalized spacial score (nSPS) is 29.9.